The minimum atomic E-state index is -0.762. The van der Waals surface area contributed by atoms with Crippen LogP contribution in [0, 0.1) is 0 Å². The molecular weight excluding hydrogens is 985 g/mol. The Bertz CT molecular complexity index is 1200. The van der Waals surface area contributed by atoms with E-state index in [4.69, 9.17) is 14.2 Å². The van der Waals surface area contributed by atoms with Crippen molar-refractivity contribution in [1.82, 2.24) is 0 Å². The van der Waals surface area contributed by atoms with Crippen molar-refractivity contribution in [3.05, 3.63) is 0 Å². The SMILES string of the molecule is CCCCCCCCCCCCCCCCCCCCCCCCCCCCCCC(=O)OCC(COC(=O)CCCCCCCCCC)OC(=O)CCCCCCCCCCCCCCCCCCCCCCCCCCCC. The Morgan fingerprint density at radius 1 is 0.200 bits per heavy atom. The number of ether oxygens (including phenoxy) is 3. The molecule has 0 N–H and O–H groups in total. The fourth-order valence-corrected chi connectivity index (χ4v) is 11.8. The van der Waals surface area contributed by atoms with E-state index < -0.39 is 6.10 Å². The molecule has 0 aromatic carbocycles. The number of hydrogen-bond acceptors (Lipinski definition) is 6. The first-order chi connectivity index (χ1) is 39.5. The van der Waals surface area contributed by atoms with Gasteiger partial charge in [-0.2, -0.15) is 0 Å². The molecule has 6 heteroatoms. The van der Waals surface area contributed by atoms with Crippen molar-refractivity contribution in [2.24, 2.45) is 0 Å². The first-order valence-electron chi connectivity index (χ1n) is 37.0. The van der Waals surface area contributed by atoms with Gasteiger partial charge < -0.3 is 14.2 Å². The third-order valence-electron chi connectivity index (χ3n) is 17.4. The second kappa shape index (κ2) is 69.9. The molecule has 0 bridgehead atoms. The zero-order valence-electron chi connectivity index (χ0n) is 54.9. The molecule has 0 aliphatic heterocycles. The van der Waals surface area contributed by atoms with Crippen LogP contribution in [0.5, 0.6) is 0 Å². The second-order valence-electron chi connectivity index (χ2n) is 25.6. The van der Waals surface area contributed by atoms with Gasteiger partial charge in [0.1, 0.15) is 13.2 Å². The molecule has 1 atom stereocenters. The van der Waals surface area contributed by atoms with Crippen LogP contribution in [0.25, 0.3) is 0 Å². The highest BCUT2D eigenvalue weighted by Crippen LogP contribution is 2.20. The molecule has 0 spiro atoms. The summed E-state index contributed by atoms with van der Waals surface area (Å²) in [5.74, 6) is -0.827. The monoisotopic (exact) mass is 1130 g/mol. The zero-order chi connectivity index (χ0) is 57.8. The van der Waals surface area contributed by atoms with E-state index in [0.717, 1.165) is 57.8 Å². The van der Waals surface area contributed by atoms with E-state index in [9.17, 15) is 14.4 Å². The van der Waals surface area contributed by atoms with Gasteiger partial charge in [0.2, 0.25) is 0 Å². The summed E-state index contributed by atoms with van der Waals surface area (Å²) < 4.78 is 16.9. The molecule has 0 aliphatic carbocycles. The first kappa shape index (κ1) is 78.4. The van der Waals surface area contributed by atoms with Crippen LogP contribution in [0.1, 0.15) is 438 Å². The molecule has 0 amide bonds. The molecule has 0 heterocycles. The molecule has 0 rings (SSSR count). The smallest absolute Gasteiger partial charge is 0.306 e. The van der Waals surface area contributed by atoms with Gasteiger partial charge in [-0.25, -0.2) is 0 Å². The third kappa shape index (κ3) is 67.2. The van der Waals surface area contributed by atoms with Gasteiger partial charge in [0.15, 0.2) is 6.10 Å². The summed E-state index contributed by atoms with van der Waals surface area (Å²) in [7, 11) is 0. The second-order valence-corrected chi connectivity index (χ2v) is 25.6. The van der Waals surface area contributed by atoms with Crippen LogP contribution >= 0.6 is 0 Å². The predicted molar refractivity (Wildman–Crippen MR) is 349 cm³/mol. The van der Waals surface area contributed by atoms with Crippen molar-refractivity contribution in [1.29, 1.82) is 0 Å². The summed E-state index contributed by atoms with van der Waals surface area (Å²) in [6, 6.07) is 0. The Kier molecular flexibility index (Phi) is 68.5. The molecule has 0 aliphatic rings. The summed E-state index contributed by atoms with van der Waals surface area (Å²) in [5, 5.41) is 0. The Balaban J connectivity index is 4.00. The Morgan fingerprint density at radius 3 is 0.500 bits per heavy atom. The molecule has 1 unspecified atom stereocenters. The number of esters is 3. The zero-order valence-corrected chi connectivity index (χ0v) is 54.9. The topological polar surface area (TPSA) is 78.9 Å². The number of unbranched alkanes of at least 4 members (excludes halogenated alkanes) is 59. The normalized spacial score (nSPS) is 11.9. The van der Waals surface area contributed by atoms with Crippen LogP contribution in [0.2, 0.25) is 0 Å². The Labute approximate surface area is 501 Å². The van der Waals surface area contributed by atoms with Gasteiger partial charge in [-0.1, -0.05) is 400 Å². The minimum Gasteiger partial charge on any atom is -0.462 e. The summed E-state index contributed by atoms with van der Waals surface area (Å²) in [4.78, 5) is 38.3. The number of carbonyl (C=O) groups is 3. The molecule has 80 heavy (non-hydrogen) atoms. The molecule has 0 fully saturated rings. The van der Waals surface area contributed by atoms with Gasteiger partial charge >= 0.3 is 17.9 Å². The quantitative estimate of drug-likeness (QED) is 0.0343. The van der Waals surface area contributed by atoms with E-state index >= 15 is 0 Å². The van der Waals surface area contributed by atoms with Gasteiger partial charge in [-0.3, -0.25) is 14.4 Å². The maximum Gasteiger partial charge on any atom is 0.306 e. The fraction of sp³-hybridized carbons (Fsp3) is 0.959. The highest BCUT2D eigenvalue weighted by atomic mass is 16.6. The number of hydrogen-bond donors (Lipinski definition) is 0. The average Bonchev–Trinajstić information content (AvgIpc) is 3.46. The minimum absolute atomic E-state index is 0.0609. The molecule has 0 saturated heterocycles. The maximum absolute atomic E-state index is 12.9. The molecule has 0 saturated carbocycles. The fourth-order valence-electron chi connectivity index (χ4n) is 11.8. The van der Waals surface area contributed by atoms with Crippen molar-refractivity contribution >= 4 is 17.9 Å². The van der Waals surface area contributed by atoms with Crippen LogP contribution < -0.4 is 0 Å². The maximum atomic E-state index is 12.9. The summed E-state index contributed by atoms with van der Waals surface area (Å²) in [6.45, 7) is 6.71. The number of carbonyl (C=O) groups excluding carboxylic acids is 3. The molecule has 0 aromatic rings. The first-order valence-corrected chi connectivity index (χ1v) is 37.0. The van der Waals surface area contributed by atoms with Gasteiger partial charge in [0, 0.05) is 19.3 Å². The van der Waals surface area contributed by atoms with Crippen molar-refractivity contribution in [2.45, 2.75) is 444 Å². The van der Waals surface area contributed by atoms with E-state index in [0.29, 0.717) is 19.3 Å². The van der Waals surface area contributed by atoms with E-state index in [2.05, 4.69) is 20.8 Å². The van der Waals surface area contributed by atoms with Crippen LogP contribution in [-0.4, -0.2) is 37.2 Å². The lowest BCUT2D eigenvalue weighted by atomic mass is 10.0. The van der Waals surface area contributed by atoms with Gasteiger partial charge in [-0.15, -0.1) is 0 Å². The summed E-state index contributed by atoms with van der Waals surface area (Å²) >= 11 is 0. The van der Waals surface area contributed by atoms with Crippen molar-refractivity contribution in [2.75, 3.05) is 13.2 Å². The van der Waals surface area contributed by atoms with Crippen LogP contribution in [0.4, 0.5) is 0 Å². The van der Waals surface area contributed by atoms with Crippen LogP contribution in [0.15, 0.2) is 0 Å². The lowest BCUT2D eigenvalue weighted by molar-refractivity contribution is -0.167. The van der Waals surface area contributed by atoms with Crippen molar-refractivity contribution < 1.29 is 28.6 Å². The van der Waals surface area contributed by atoms with E-state index in [1.54, 1.807) is 0 Å². The van der Waals surface area contributed by atoms with E-state index in [1.807, 2.05) is 0 Å². The highest BCUT2D eigenvalue weighted by molar-refractivity contribution is 5.71. The summed E-state index contributed by atoms with van der Waals surface area (Å²) in [6.07, 6.45) is 83.2. The third-order valence-corrected chi connectivity index (χ3v) is 17.4. The van der Waals surface area contributed by atoms with Crippen molar-refractivity contribution in [3.63, 3.8) is 0 Å². The average molecular weight is 1130 g/mol. The number of rotatable bonds is 70. The van der Waals surface area contributed by atoms with E-state index in [1.165, 1.54) is 340 Å². The van der Waals surface area contributed by atoms with Gasteiger partial charge in [0.25, 0.3) is 0 Å². The lowest BCUT2D eigenvalue weighted by Gasteiger charge is -2.18. The molecule has 476 valence electrons. The highest BCUT2D eigenvalue weighted by Gasteiger charge is 2.20. The standard InChI is InChI=1S/C74H144O6/c1-4-7-10-13-16-19-21-23-25-27-29-31-33-35-37-38-40-41-43-45-47-49-51-53-55-58-61-64-67-73(76)79-70-71(69-78-72(75)66-63-60-57-18-15-12-9-6-3)80-74(77)68-65-62-59-56-54-52-50-48-46-44-42-39-36-34-32-30-28-26-24-22-20-17-14-11-8-5-2/h71H,4-70H2,1-3H3. The lowest BCUT2D eigenvalue weighted by Crippen LogP contribution is -2.30. The molecule has 6 nitrogen and oxygen atoms in total. The van der Waals surface area contributed by atoms with Crippen molar-refractivity contribution in [3.8, 4) is 0 Å². The van der Waals surface area contributed by atoms with Gasteiger partial charge in [-0.05, 0) is 19.3 Å². The molecule has 0 radical (unpaired) electrons. The summed E-state index contributed by atoms with van der Waals surface area (Å²) in [5.41, 5.74) is 0. The molecular formula is C74H144O6. The largest absolute Gasteiger partial charge is 0.462 e. The predicted octanol–water partition coefficient (Wildman–Crippen LogP) is 25.4. The van der Waals surface area contributed by atoms with Gasteiger partial charge in [0.05, 0.1) is 0 Å². The Morgan fingerprint density at radius 2 is 0.338 bits per heavy atom. The van der Waals surface area contributed by atoms with Crippen LogP contribution in [-0.2, 0) is 28.6 Å². The Hall–Kier alpha value is -1.59. The molecule has 0 aromatic heterocycles. The van der Waals surface area contributed by atoms with E-state index in [-0.39, 0.29) is 31.1 Å². The van der Waals surface area contributed by atoms with Crippen LogP contribution in [0.3, 0.4) is 0 Å².